The fraction of sp³-hybridized carbons (Fsp3) is 0.467. The molecule has 116 valence electrons. The predicted octanol–water partition coefficient (Wildman–Crippen LogP) is 2.41. The van der Waals surface area contributed by atoms with Crippen molar-refractivity contribution in [3.8, 4) is 0 Å². The lowest BCUT2D eigenvalue weighted by Crippen LogP contribution is -2.43. The van der Waals surface area contributed by atoms with Gasteiger partial charge in [0.15, 0.2) is 0 Å². The Morgan fingerprint density at radius 1 is 1.52 bits per heavy atom. The molecule has 1 saturated heterocycles. The summed E-state index contributed by atoms with van der Waals surface area (Å²) in [5.41, 5.74) is 1.93. The Morgan fingerprint density at radius 2 is 2.24 bits per heavy atom. The molecule has 0 aromatic heterocycles. The van der Waals surface area contributed by atoms with Crippen molar-refractivity contribution < 1.29 is 17.5 Å². The van der Waals surface area contributed by atoms with Gasteiger partial charge in [0.05, 0.1) is 18.5 Å². The summed E-state index contributed by atoms with van der Waals surface area (Å²) in [5.74, 6) is -0.330. The summed E-state index contributed by atoms with van der Waals surface area (Å²) in [6.07, 6.45) is -0.363. The lowest BCUT2D eigenvalue weighted by Gasteiger charge is -2.32. The number of halogens is 1. The van der Waals surface area contributed by atoms with Gasteiger partial charge in [-0.15, -0.1) is 0 Å². The Hall–Kier alpha value is -1.24. The second-order valence-corrected chi connectivity index (χ2v) is 7.41. The summed E-state index contributed by atoms with van der Waals surface area (Å²) in [6, 6.07) is 4.73. The zero-order valence-electron chi connectivity index (χ0n) is 12.3. The molecule has 1 aliphatic rings. The molecule has 1 aromatic carbocycles. The number of rotatable bonds is 4. The predicted molar refractivity (Wildman–Crippen MR) is 80.0 cm³/mol. The van der Waals surface area contributed by atoms with Crippen LogP contribution in [0.3, 0.4) is 0 Å². The van der Waals surface area contributed by atoms with E-state index in [-0.39, 0.29) is 24.2 Å². The number of morpholine rings is 1. The monoisotopic (exact) mass is 313 g/mol. The molecule has 1 aliphatic heterocycles. The third-order valence-electron chi connectivity index (χ3n) is 3.41. The van der Waals surface area contributed by atoms with Crippen LogP contribution in [0.1, 0.15) is 24.2 Å². The maximum Gasteiger partial charge on any atom is 0.218 e. The number of nitrogens with zero attached hydrogens (tertiary/aromatic N) is 1. The molecular weight excluding hydrogens is 293 g/mol. The van der Waals surface area contributed by atoms with Crippen LogP contribution in [0.15, 0.2) is 30.4 Å². The third-order valence-corrected chi connectivity index (χ3v) is 5.38. The van der Waals surface area contributed by atoms with Crippen molar-refractivity contribution in [3.63, 3.8) is 0 Å². The highest BCUT2D eigenvalue weighted by Crippen LogP contribution is 2.25. The molecule has 0 amide bonds. The molecule has 0 spiro atoms. The lowest BCUT2D eigenvalue weighted by atomic mass is 10.1. The van der Waals surface area contributed by atoms with Crippen molar-refractivity contribution in [2.45, 2.75) is 20.0 Å². The van der Waals surface area contributed by atoms with Gasteiger partial charge in [-0.3, -0.25) is 0 Å². The molecule has 0 bridgehead atoms. The SMILES string of the molecule is C=C(C)CS(=O)(=O)N1CCO[C@@H](c2ccc(F)c(C)c2)C1. The van der Waals surface area contributed by atoms with Gasteiger partial charge in [0.25, 0.3) is 0 Å². The number of benzene rings is 1. The Balaban J connectivity index is 2.17. The van der Waals surface area contributed by atoms with Crippen LogP contribution in [0.2, 0.25) is 0 Å². The molecule has 0 unspecified atom stereocenters. The molecule has 6 heteroatoms. The van der Waals surface area contributed by atoms with E-state index in [2.05, 4.69) is 6.58 Å². The van der Waals surface area contributed by atoms with Crippen molar-refractivity contribution in [1.29, 1.82) is 0 Å². The summed E-state index contributed by atoms with van der Waals surface area (Å²) in [7, 11) is -3.36. The molecular formula is C15H20FNO3S. The van der Waals surface area contributed by atoms with Crippen LogP contribution in [-0.2, 0) is 14.8 Å². The first-order chi connectivity index (χ1) is 9.79. The van der Waals surface area contributed by atoms with Gasteiger partial charge < -0.3 is 4.74 Å². The van der Waals surface area contributed by atoms with Crippen LogP contribution in [0, 0.1) is 12.7 Å². The molecule has 1 fully saturated rings. The number of sulfonamides is 1. The minimum Gasteiger partial charge on any atom is -0.371 e. The van der Waals surface area contributed by atoms with Crippen molar-refractivity contribution in [1.82, 2.24) is 4.31 Å². The topological polar surface area (TPSA) is 46.6 Å². The van der Waals surface area contributed by atoms with Crippen LogP contribution in [-0.4, -0.2) is 38.2 Å². The van der Waals surface area contributed by atoms with Crippen molar-refractivity contribution >= 4 is 10.0 Å². The van der Waals surface area contributed by atoms with Gasteiger partial charge in [0.2, 0.25) is 10.0 Å². The molecule has 0 N–H and O–H groups in total. The van der Waals surface area contributed by atoms with Crippen molar-refractivity contribution in [2.75, 3.05) is 25.4 Å². The van der Waals surface area contributed by atoms with E-state index in [0.29, 0.717) is 24.3 Å². The van der Waals surface area contributed by atoms with Crippen molar-refractivity contribution in [3.05, 3.63) is 47.3 Å². The zero-order chi connectivity index (χ0) is 15.6. The van der Waals surface area contributed by atoms with Gasteiger partial charge in [-0.2, -0.15) is 4.31 Å². The van der Waals surface area contributed by atoms with Gasteiger partial charge >= 0.3 is 0 Å². The first kappa shape index (κ1) is 16.1. The lowest BCUT2D eigenvalue weighted by molar-refractivity contribution is -0.00253. The molecule has 2 rings (SSSR count). The van der Waals surface area contributed by atoms with Gasteiger partial charge in [-0.05, 0) is 31.0 Å². The van der Waals surface area contributed by atoms with E-state index >= 15 is 0 Å². The molecule has 0 aliphatic carbocycles. The molecule has 1 aromatic rings. The molecule has 0 radical (unpaired) electrons. The fourth-order valence-electron chi connectivity index (χ4n) is 2.35. The van der Waals surface area contributed by atoms with Crippen LogP contribution < -0.4 is 0 Å². The van der Waals surface area contributed by atoms with Gasteiger partial charge in [-0.1, -0.05) is 24.3 Å². The average Bonchev–Trinajstić information content (AvgIpc) is 2.41. The first-order valence-corrected chi connectivity index (χ1v) is 8.40. The zero-order valence-corrected chi connectivity index (χ0v) is 13.1. The van der Waals surface area contributed by atoms with E-state index < -0.39 is 10.0 Å². The fourth-order valence-corrected chi connectivity index (χ4v) is 3.87. The van der Waals surface area contributed by atoms with E-state index in [9.17, 15) is 12.8 Å². The number of hydrogen-bond acceptors (Lipinski definition) is 3. The van der Waals surface area contributed by atoms with Gasteiger partial charge in [0.1, 0.15) is 5.82 Å². The number of hydrogen-bond donors (Lipinski definition) is 0. The number of ether oxygens (including phenoxy) is 1. The number of aryl methyl sites for hydroxylation is 1. The van der Waals surface area contributed by atoms with E-state index in [1.165, 1.54) is 10.4 Å². The van der Waals surface area contributed by atoms with Crippen LogP contribution in [0.25, 0.3) is 0 Å². The highest BCUT2D eigenvalue weighted by Gasteiger charge is 2.30. The second-order valence-electron chi connectivity index (χ2n) is 5.44. The Labute approximate surface area is 125 Å². The minimum absolute atomic E-state index is 0.0534. The Kier molecular flexibility index (Phi) is 4.81. The largest absolute Gasteiger partial charge is 0.371 e. The van der Waals surface area contributed by atoms with Crippen LogP contribution in [0.4, 0.5) is 4.39 Å². The maximum atomic E-state index is 13.3. The summed E-state index contributed by atoms with van der Waals surface area (Å²) in [6.45, 7) is 7.95. The normalized spacial score (nSPS) is 20.4. The average molecular weight is 313 g/mol. The summed E-state index contributed by atoms with van der Waals surface area (Å²) >= 11 is 0. The minimum atomic E-state index is -3.36. The molecule has 0 saturated carbocycles. The summed E-state index contributed by atoms with van der Waals surface area (Å²) in [5, 5.41) is 0. The smallest absolute Gasteiger partial charge is 0.218 e. The highest BCUT2D eigenvalue weighted by atomic mass is 32.2. The van der Waals surface area contributed by atoms with Crippen LogP contribution >= 0.6 is 0 Å². The van der Waals surface area contributed by atoms with E-state index in [0.717, 1.165) is 5.56 Å². The Morgan fingerprint density at radius 3 is 2.86 bits per heavy atom. The van der Waals surface area contributed by atoms with E-state index in [1.54, 1.807) is 26.0 Å². The maximum absolute atomic E-state index is 13.3. The summed E-state index contributed by atoms with van der Waals surface area (Å²) < 4.78 is 44.9. The van der Waals surface area contributed by atoms with Crippen molar-refractivity contribution in [2.24, 2.45) is 0 Å². The third kappa shape index (κ3) is 3.90. The summed E-state index contributed by atoms with van der Waals surface area (Å²) in [4.78, 5) is 0. The molecule has 1 atom stereocenters. The first-order valence-electron chi connectivity index (χ1n) is 6.79. The Bertz CT molecular complexity index is 642. The highest BCUT2D eigenvalue weighted by molar-refractivity contribution is 7.89. The van der Waals surface area contributed by atoms with E-state index in [1.807, 2.05) is 0 Å². The quantitative estimate of drug-likeness (QED) is 0.802. The van der Waals surface area contributed by atoms with Gasteiger partial charge in [0, 0.05) is 13.1 Å². The molecule has 1 heterocycles. The molecule has 4 nitrogen and oxygen atoms in total. The van der Waals surface area contributed by atoms with Crippen LogP contribution in [0.5, 0.6) is 0 Å². The second kappa shape index (κ2) is 6.25. The van der Waals surface area contributed by atoms with E-state index in [4.69, 9.17) is 4.74 Å². The molecule has 21 heavy (non-hydrogen) atoms. The van der Waals surface area contributed by atoms with Gasteiger partial charge in [-0.25, -0.2) is 12.8 Å². The standard InChI is InChI=1S/C15H20FNO3S/c1-11(2)10-21(18,19)17-6-7-20-15(9-17)13-4-5-14(16)12(3)8-13/h4-5,8,15H,1,6-7,9-10H2,2-3H3/t15-/m1/s1.